The number of rotatable bonds is 16. The number of hydrogen-bond donors (Lipinski definition) is 0. The van der Waals surface area contributed by atoms with Gasteiger partial charge in [-0.15, -0.1) is 0 Å². The van der Waals surface area contributed by atoms with Crippen LogP contribution >= 0.6 is 0 Å². The molecule has 0 radical (unpaired) electrons. The molecule has 0 aliphatic rings. The largest absolute Gasteiger partial charge is 0.508 e. The fourth-order valence-corrected chi connectivity index (χ4v) is 3.31. The molecule has 0 aromatic heterocycles. The lowest BCUT2D eigenvalue weighted by atomic mass is 10.1. The summed E-state index contributed by atoms with van der Waals surface area (Å²) in [5, 5.41) is 0. The van der Waals surface area contributed by atoms with Crippen molar-refractivity contribution in [2.45, 2.75) is 78.2 Å². The molecule has 0 amide bonds. The molecule has 2 rings (SSSR count). The Bertz CT molecular complexity index is 770. The van der Waals surface area contributed by atoms with Crippen LogP contribution in [0.1, 0.15) is 72.1 Å². The van der Waals surface area contributed by atoms with Crippen LogP contribution in [0.4, 0.5) is 4.79 Å². The molecule has 0 unspecified atom stereocenters. The number of ether oxygens (including phenoxy) is 4. The van der Waals surface area contributed by atoms with Crippen molar-refractivity contribution in [3.05, 3.63) is 48.5 Å². The molecule has 0 saturated carbocycles. The van der Waals surface area contributed by atoms with Crippen molar-refractivity contribution in [1.29, 1.82) is 0 Å². The van der Waals surface area contributed by atoms with E-state index in [4.69, 9.17) is 18.9 Å². The van der Waals surface area contributed by atoms with Gasteiger partial charge in [0, 0.05) is 0 Å². The standard InChI is InChI=1S/C28H40O5/c1-4-6-8-9-10-11-21-30-26-16-12-24(13-17-26)25-14-18-27(19-15-25)32-22-23(3)33-28(29)31-20-7-5-2/h12-19,23H,4-11,20-22H2,1-3H3/t23-/m0/s1. The Labute approximate surface area is 199 Å². The van der Waals surface area contributed by atoms with Crippen LogP contribution in [-0.2, 0) is 9.47 Å². The minimum absolute atomic E-state index is 0.271. The van der Waals surface area contributed by atoms with Crippen molar-refractivity contribution in [2.24, 2.45) is 0 Å². The molecular formula is C28H40O5. The number of carbonyl (C=O) groups excluding carboxylic acids is 1. The van der Waals surface area contributed by atoms with E-state index in [1.807, 2.05) is 43.3 Å². The van der Waals surface area contributed by atoms with Crippen LogP contribution in [0.2, 0.25) is 0 Å². The van der Waals surface area contributed by atoms with Crippen LogP contribution in [0.5, 0.6) is 11.5 Å². The van der Waals surface area contributed by atoms with E-state index in [1.54, 1.807) is 6.92 Å². The van der Waals surface area contributed by atoms with E-state index in [-0.39, 0.29) is 12.7 Å². The van der Waals surface area contributed by atoms with Crippen molar-refractivity contribution in [3.63, 3.8) is 0 Å². The molecule has 0 bridgehead atoms. The van der Waals surface area contributed by atoms with Crippen LogP contribution in [0, 0.1) is 0 Å². The van der Waals surface area contributed by atoms with Crippen molar-refractivity contribution in [3.8, 4) is 22.6 Å². The molecule has 5 heteroatoms. The average Bonchev–Trinajstić information content (AvgIpc) is 2.83. The zero-order valence-corrected chi connectivity index (χ0v) is 20.5. The van der Waals surface area contributed by atoms with Gasteiger partial charge in [-0.25, -0.2) is 4.79 Å². The van der Waals surface area contributed by atoms with Gasteiger partial charge in [0.05, 0.1) is 13.2 Å². The van der Waals surface area contributed by atoms with Crippen molar-refractivity contribution >= 4 is 6.16 Å². The summed E-state index contributed by atoms with van der Waals surface area (Å²) in [5.74, 6) is 1.64. The highest BCUT2D eigenvalue weighted by Crippen LogP contribution is 2.25. The smallest absolute Gasteiger partial charge is 0.494 e. The van der Waals surface area contributed by atoms with Gasteiger partial charge in [-0.3, -0.25) is 0 Å². The van der Waals surface area contributed by atoms with Gasteiger partial charge in [0.2, 0.25) is 0 Å². The van der Waals surface area contributed by atoms with E-state index in [9.17, 15) is 4.79 Å². The van der Waals surface area contributed by atoms with Crippen molar-refractivity contribution in [1.82, 2.24) is 0 Å². The Hall–Kier alpha value is -2.69. The Balaban J connectivity index is 1.70. The van der Waals surface area contributed by atoms with E-state index in [2.05, 4.69) is 19.1 Å². The normalized spacial score (nSPS) is 11.6. The quantitative estimate of drug-likeness (QED) is 0.190. The minimum Gasteiger partial charge on any atom is -0.494 e. The van der Waals surface area contributed by atoms with Gasteiger partial charge in [-0.2, -0.15) is 0 Å². The van der Waals surface area contributed by atoms with E-state index >= 15 is 0 Å². The summed E-state index contributed by atoms with van der Waals surface area (Å²) in [6.45, 7) is 7.49. The summed E-state index contributed by atoms with van der Waals surface area (Å²) in [4.78, 5) is 11.6. The SMILES string of the molecule is CCCCCCCCOc1ccc(-c2ccc(OC[C@H](C)OC(=O)OCCCC)cc2)cc1. The van der Waals surface area contributed by atoms with E-state index in [1.165, 1.54) is 32.1 Å². The molecule has 0 aliphatic carbocycles. The van der Waals surface area contributed by atoms with Crippen LogP contribution < -0.4 is 9.47 Å². The highest BCUT2D eigenvalue weighted by atomic mass is 16.7. The van der Waals surface area contributed by atoms with Crippen molar-refractivity contribution < 1.29 is 23.7 Å². The predicted molar refractivity (Wildman–Crippen MR) is 133 cm³/mol. The maximum Gasteiger partial charge on any atom is 0.508 e. The third kappa shape index (κ3) is 11.1. The van der Waals surface area contributed by atoms with E-state index in [0.717, 1.165) is 48.5 Å². The maximum absolute atomic E-state index is 11.6. The van der Waals surface area contributed by atoms with Crippen molar-refractivity contribution in [2.75, 3.05) is 19.8 Å². The van der Waals surface area contributed by atoms with Gasteiger partial charge >= 0.3 is 6.16 Å². The molecule has 0 fully saturated rings. The molecule has 0 spiro atoms. The molecular weight excluding hydrogens is 416 g/mol. The number of hydrogen-bond acceptors (Lipinski definition) is 5. The second-order valence-electron chi connectivity index (χ2n) is 8.36. The first-order valence-corrected chi connectivity index (χ1v) is 12.4. The Morgan fingerprint density at radius 1 is 0.697 bits per heavy atom. The Morgan fingerprint density at radius 2 is 1.24 bits per heavy atom. The minimum atomic E-state index is -0.644. The summed E-state index contributed by atoms with van der Waals surface area (Å²) >= 11 is 0. The molecule has 1 atom stereocenters. The summed E-state index contributed by atoms with van der Waals surface area (Å²) in [7, 11) is 0. The number of unbranched alkanes of at least 4 members (excludes halogenated alkanes) is 6. The summed E-state index contributed by atoms with van der Waals surface area (Å²) in [6, 6.07) is 16.1. The van der Waals surface area contributed by atoms with Gasteiger partial charge in [-0.1, -0.05) is 76.6 Å². The first-order valence-electron chi connectivity index (χ1n) is 12.4. The van der Waals surface area contributed by atoms with Gasteiger partial charge < -0.3 is 18.9 Å². The monoisotopic (exact) mass is 456 g/mol. The van der Waals surface area contributed by atoms with E-state index < -0.39 is 6.16 Å². The first kappa shape index (κ1) is 26.6. The van der Waals surface area contributed by atoms with Crippen LogP contribution in [0.25, 0.3) is 11.1 Å². The Morgan fingerprint density at radius 3 is 1.85 bits per heavy atom. The second-order valence-corrected chi connectivity index (χ2v) is 8.36. The summed E-state index contributed by atoms with van der Waals surface area (Å²) < 4.78 is 21.8. The fraction of sp³-hybridized carbons (Fsp3) is 0.536. The number of benzene rings is 2. The number of carbonyl (C=O) groups is 1. The fourth-order valence-electron chi connectivity index (χ4n) is 3.31. The molecule has 0 N–H and O–H groups in total. The average molecular weight is 457 g/mol. The van der Waals surface area contributed by atoms with Gasteiger partial charge in [0.1, 0.15) is 24.2 Å². The lowest BCUT2D eigenvalue weighted by Crippen LogP contribution is -2.22. The zero-order chi connectivity index (χ0) is 23.7. The first-order chi connectivity index (χ1) is 16.1. The molecule has 2 aromatic carbocycles. The van der Waals surface area contributed by atoms with Crippen LogP contribution in [0.15, 0.2) is 48.5 Å². The third-order valence-corrected chi connectivity index (χ3v) is 5.31. The molecule has 0 aliphatic heterocycles. The zero-order valence-electron chi connectivity index (χ0n) is 20.5. The van der Waals surface area contributed by atoms with Gasteiger partial charge in [0.15, 0.2) is 0 Å². The summed E-state index contributed by atoms with van der Waals surface area (Å²) in [6.07, 6.45) is 8.36. The van der Waals surface area contributed by atoms with Gasteiger partial charge in [-0.05, 0) is 55.2 Å². The third-order valence-electron chi connectivity index (χ3n) is 5.31. The molecule has 33 heavy (non-hydrogen) atoms. The predicted octanol–water partition coefficient (Wildman–Crippen LogP) is 7.81. The van der Waals surface area contributed by atoms with Gasteiger partial charge in [0.25, 0.3) is 0 Å². The molecule has 2 aromatic rings. The van der Waals surface area contributed by atoms with Crippen LogP contribution in [0.3, 0.4) is 0 Å². The highest BCUT2D eigenvalue weighted by molar-refractivity contribution is 5.65. The molecule has 0 saturated heterocycles. The summed E-state index contributed by atoms with van der Waals surface area (Å²) in [5.41, 5.74) is 2.23. The second kappa shape index (κ2) is 16.0. The Kier molecular flexibility index (Phi) is 12.9. The van der Waals surface area contributed by atoms with Crippen LogP contribution in [-0.4, -0.2) is 32.1 Å². The highest BCUT2D eigenvalue weighted by Gasteiger charge is 2.11. The molecule has 182 valence electrons. The molecule has 0 heterocycles. The lowest BCUT2D eigenvalue weighted by molar-refractivity contribution is 0.0134. The lowest BCUT2D eigenvalue weighted by Gasteiger charge is -2.14. The maximum atomic E-state index is 11.6. The van der Waals surface area contributed by atoms with E-state index in [0.29, 0.717) is 6.61 Å². The molecule has 5 nitrogen and oxygen atoms in total. The topological polar surface area (TPSA) is 54.0 Å².